The number of likely N-dealkylation sites (N-methyl/N-ethyl adjacent to an activating group) is 2. The van der Waals surface area contributed by atoms with Crippen molar-refractivity contribution >= 4 is 11.8 Å². The Morgan fingerprint density at radius 1 is 1.29 bits per heavy atom. The molecule has 0 aliphatic carbocycles. The highest BCUT2D eigenvalue weighted by Gasteiger charge is 2.13. The quantitative estimate of drug-likeness (QED) is 0.769. The van der Waals surface area contributed by atoms with Gasteiger partial charge in [0.05, 0.1) is 6.54 Å². The van der Waals surface area contributed by atoms with Crippen LogP contribution in [0.4, 0.5) is 0 Å². The van der Waals surface area contributed by atoms with Gasteiger partial charge in [0.15, 0.2) is 0 Å². The highest BCUT2D eigenvalue weighted by atomic mass is 16.2. The maximum absolute atomic E-state index is 11.9. The molecule has 0 saturated heterocycles. The zero-order chi connectivity index (χ0) is 12.8. The Labute approximate surface area is 101 Å². The van der Waals surface area contributed by atoms with Crippen LogP contribution < -0.4 is 11.1 Å². The molecular weight excluding hydrogens is 218 g/mol. The summed E-state index contributed by atoms with van der Waals surface area (Å²) in [5.74, 6) is -0.378. The molecule has 0 aliphatic heterocycles. The van der Waals surface area contributed by atoms with Crippen LogP contribution in [0.5, 0.6) is 0 Å². The maximum Gasteiger partial charge on any atom is 0.254 e. The van der Waals surface area contributed by atoms with Crippen LogP contribution in [-0.4, -0.2) is 37.4 Å². The number of benzene rings is 1. The molecule has 0 fully saturated rings. The first-order valence-corrected chi connectivity index (χ1v) is 5.33. The van der Waals surface area contributed by atoms with Crippen LogP contribution in [-0.2, 0) is 11.3 Å². The third-order valence-electron chi connectivity index (χ3n) is 2.44. The Morgan fingerprint density at radius 2 is 1.88 bits per heavy atom. The molecule has 0 saturated carbocycles. The van der Waals surface area contributed by atoms with E-state index in [1.807, 2.05) is 0 Å². The number of rotatable bonds is 4. The van der Waals surface area contributed by atoms with Gasteiger partial charge in [0.1, 0.15) is 0 Å². The number of carbonyl (C=O) groups is 2. The minimum atomic E-state index is -0.195. The van der Waals surface area contributed by atoms with E-state index in [1.165, 1.54) is 11.9 Å². The van der Waals surface area contributed by atoms with Crippen LogP contribution in [0, 0.1) is 0 Å². The molecule has 1 aromatic carbocycles. The zero-order valence-corrected chi connectivity index (χ0v) is 10.1. The average molecular weight is 235 g/mol. The molecule has 0 bridgehead atoms. The van der Waals surface area contributed by atoms with E-state index in [1.54, 1.807) is 31.3 Å². The zero-order valence-electron chi connectivity index (χ0n) is 10.1. The van der Waals surface area contributed by atoms with E-state index < -0.39 is 0 Å². The van der Waals surface area contributed by atoms with Crippen LogP contribution in [0.15, 0.2) is 24.3 Å². The van der Waals surface area contributed by atoms with Crippen molar-refractivity contribution in [3.8, 4) is 0 Å². The van der Waals surface area contributed by atoms with Gasteiger partial charge in [0, 0.05) is 26.2 Å². The number of amides is 2. The van der Waals surface area contributed by atoms with Crippen LogP contribution in [0.1, 0.15) is 15.9 Å². The summed E-state index contributed by atoms with van der Waals surface area (Å²) in [5.41, 5.74) is 6.99. The van der Waals surface area contributed by atoms with Crippen molar-refractivity contribution < 1.29 is 9.59 Å². The van der Waals surface area contributed by atoms with Gasteiger partial charge in [-0.3, -0.25) is 9.59 Å². The molecule has 5 nitrogen and oxygen atoms in total. The summed E-state index contributed by atoms with van der Waals surface area (Å²) < 4.78 is 0. The predicted octanol–water partition coefficient (Wildman–Crippen LogP) is -0.0367. The summed E-state index contributed by atoms with van der Waals surface area (Å²) in [6.45, 7) is 0.497. The van der Waals surface area contributed by atoms with Crippen molar-refractivity contribution in [1.29, 1.82) is 0 Å². The highest BCUT2D eigenvalue weighted by Crippen LogP contribution is 2.06. The minimum Gasteiger partial charge on any atom is -0.358 e. The normalized spacial score (nSPS) is 9.82. The van der Waals surface area contributed by atoms with Gasteiger partial charge in [-0.15, -0.1) is 0 Å². The second kappa shape index (κ2) is 6.00. The lowest BCUT2D eigenvalue weighted by molar-refractivity contribution is -0.121. The van der Waals surface area contributed by atoms with E-state index in [0.717, 1.165) is 5.56 Å². The number of hydrogen-bond donors (Lipinski definition) is 2. The lowest BCUT2D eigenvalue weighted by Gasteiger charge is -2.16. The number of nitrogens with zero attached hydrogens (tertiary/aromatic N) is 1. The molecule has 0 aliphatic rings. The van der Waals surface area contributed by atoms with Crippen LogP contribution >= 0.6 is 0 Å². The van der Waals surface area contributed by atoms with E-state index >= 15 is 0 Å². The van der Waals surface area contributed by atoms with Crippen molar-refractivity contribution in [2.45, 2.75) is 6.54 Å². The topological polar surface area (TPSA) is 75.4 Å². The minimum absolute atomic E-state index is 0.0496. The van der Waals surface area contributed by atoms with Crippen molar-refractivity contribution in [2.24, 2.45) is 5.73 Å². The number of nitrogens with two attached hydrogens (primary N) is 1. The molecule has 0 spiro atoms. The highest BCUT2D eigenvalue weighted by molar-refractivity contribution is 5.96. The first-order chi connectivity index (χ1) is 8.08. The van der Waals surface area contributed by atoms with Crippen molar-refractivity contribution in [1.82, 2.24) is 10.2 Å². The van der Waals surface area contributed by atoms with E-state index in [0.29, 0.717) is 12.1 Å². The fraction of sp³-hybridized carbons (Fsp3) is 0.333. The van der Waals surface area contributed by atoms with E-state index in [2.05, 4.69) is 5.32 Å². The Morgan fingerprint density at radius 3 is 2.35 bits per heavy atom. The SMILES string of the molecule is CNC(=O)CN(C)C(=O)c1ccc(CN)cc1. The van der Waals surface area contributed by atoms with Gasteiger partial charge in [0.2, 0.25) is 5.91 Å². The fourth-order valence-electron chi connectivity index (χ4n) is 1.37. The molecule has 0 atom stereocenters. The molecule has 5 heteroatoms. The molecule has 0 radical (unpaired) electrons. The molecule has 2 amide bonds. The Hall–Kier alpha value is -1.88. The molecule has 0 unspecified atom stereocenters. The summed E-state index contributed by atoms with van der Waals surface area (Å²) in [7, 11) is 3.13. The molecule has 1 rings (SSSR count). The summed E-state index contributed by atoms with van der Waals surface area (Å²) in [6.07, 6.45) is 0. The van der Waals surface area contributed by atoms with Gasteiger partial charge < -0.3 is 16.0 Å². The van der Waals surface area contributed by atoms with Crippen molar-refractivity contribution in [3.05, 3.63) is 35.4 Å². The Balaban J connectivity index is 2.71. The van der Waals surface area contributed by atoms with Gasteiger partial charge >= 0.3 is 0 Å². The maximum atomic E-state index is 11.9. The third kappa shape index (κ3) is 3.57. The van der Waals surface area contributed by atoms with Crippen LogP contribution in [0.2, 0.25) is 0 Å². The van der Waals surface area contributed by atoms with Crippen molar-refractivity contribution in [3.63, 3.8) is 0 Å². The fourth-order valence-corrected chi connectivity index (χ4v) is 1.37. The van der Waals surface area contributed by atoms with E-state index in [-0.39, 0.29) is 18.4 Å². The Kier molecular flexibility index (Phi) is 4.66. The predicted molar refractivity (Wildman–Crippen MR) is 65.4 cm³/mol. The molecule has 1 aromatic rings. The first-order valence-electron chi connectivity index (χ1n) is 5.33. The second-order valence-electron chi connectivity index (χ2n) is 3.74. The molecular formula is C12H17N3O2. The van der Waals surface area contributed by atoms with Gasteiger partial charge in [-0.05, 0) is 17.7 Å². The molecule has 17 heavy (non-hydrogen) atoms. The summed E-state index contributed by atoms with van der Waals surface area (Å²) >= 11 is 0. The molecule has 92 valence electrons. The second-order valence-corrected chi connectivity index (χ2v) is 3.74. The summed E-state index contributed by atoms with van der Waals surface area (Å²) in [4.78, 5) is 24.4. The lowest BCUT2D eigenvalue weighted by Crippen LogP contribution is -2.36. The van der Waals surface area contributed by atoms with Crippen LogP contribution in [0.25, 0.3) is 0 Å². The van der Waals surface area contributed by atoms with Gasteiger partial charge in [-0.2, -0.15) is 0 Å². The summed E-state index contributed by atoms with van der Waals surface area (Å²) in [6, 6.07) is 7.04. The van der Waals surface area contributed by atoms with E-state index in [9.17, 15) is 9.59 Å². The van der Waals surface area contributed by atoms with E-state index in [4.69, 9.17) is 5.73 Å². The first kappa shape index (κ1) is 13.2. The molecule has 3 N–H and O–H groups in total. The molecule has 0 aromatic heterocycles. The van der Waals surface area contributed by atoms with Gasteiger partial charge in [-0.25, -0.2) is 0 Å². The lowest BCUT2D eigenvalue weighted by atomic mass is 10.1. The van der Waals surface area contributed by atoms with Crippen molar-refractivity contribution in [2.75, 3.05) is 20.6 Å². The van der Waals surface area contributed by atoms with Gasteiger partial charge in [-0.1, -0.05) is 12.1 Å². The molecule has 0 heterocycles. The van der Waals surface area contributed by atoms with Gasteiger partial charge in [0.25, 0.3) is 5.91 Å². The monoisotopic (exact) mass is 235 g/mol. The average Bonchev–Trinajstić information content (AvgIpc) is 2.37. The Bertz CT molecular complexity index is 401. The largest absolute Gasteiger partial charge is 0.358 e. The summed E-state index contributed by atoms with van der Waals surface area (Å²) in [5, 5.41) is 2.47. The third-order valence-corrected chi connectivity index (χ3v) is 2.44. The number of nitrogens with one attached hydrogen (secondary N) is 1. The smallest absolute Gasteiger partial charge is 0.254 e. The number of carbonyl (C=O) groups excluding carboxylic acids is 2. The standard InChI is InChI=1S/C12H17N3O2/c1-14-11(16)8-15(2)12(17)10-5-3-9(7-13)4-6-10/h3-6H,7-8,13H2,1-2H3,(H,14,16). The van der Waals surface area contributed by atoms with Crippen LogP contribution in [0.3, 0.4) is 0 Å². The number of hydrogen-bond acceptors (Lipinski definition) is 3.